The highest BCUT2D eigenvalue weighted by Crippen LogP contribution is 2.40. The van der Waals surface area contributed by atoms with E-state index in [9.17, 15) is 14.7 Å². The smallest absolute Gasteiger partial charge is 0.290 e. The summed E-state index contributed by atoms with van der Waals surface area (Å²) in [6.45, 7) is 4.94. The number of fused-ring (bicyclic) bond motifs is 1. The molecule has 0 spiro atoms. The second-order valence-electron chi connectivity index (χ2n) is 8.19. The number of carbonyl (C=O) groups excluding carboxylic acids is 2. The number of ketones is 1. The molecule has 1 N–H and O–H groups in total. The summed E-state index contributed by atoms with van der Waals surface area (Å²) in [5.41, 5.74) is 1.17. The Kier molecular flexibility index (Phi) is 6.91. The van der Waals surface area contributed by atoms with Crippen LogP contribution in [0.4, 0.5) is 0 Å². The Morgan fingerprint density at radius 3 is 2.56 bits per heavy atom. The van der Waals surface area contributed by atoms with Crippen LogP contribution in [-0.2, 0) is 4.79 Å². The zero-order valence-corrected chi connectivity index (χ0v) is 19.7. The van der Waals surface area contributed by atoms with Crippen molar-refractivity contribution in [1.29, 1.82) is 0 Å². The third kappa shape index (κ3) is 4.25. The summed E-state index contributed by atoms with van der Waals surface area (Å²) < 4.78 is 16.7. The number of aliphatic hydroxyl groups excluding tert-OH is 1. The summed E-state index contributed by atoms with van der Waals surface area (Å²) in [6, 6.07) is 13.5. The number of aliphatic hydroxyl groups is 1. The van der Waals surface area contributed by atoms with Gasteiger partial charge in [-0.15, -0.1) is 0 Å². The molecule has 1 aromatic heterocycles. The third-order valence-corrected chi connectivity index (χ3v) is 6.01. The summed E-state index contributed by atoms with van der Waals surface area (Å²) in [5.74, 6) is -0.374. The molecule has 0 fully saturated rings. The second kappa shape index (κ2) is 10.0. The average Bonchev–Trinajstić information content (AvgIpc) is 3.39. The summed E-state index contributed by atoms with van der Waals surface area (Å²) in [4.78, 5) is 28.3. The molecular weight excluding hydrogens is 434 g/mol. The Hall–Kier alpha value is -3.74. The fourth-order valence-electron chi connectivity index (χ4n) is 4.35. The Bertz CT molecular complexity index is 1220. The van der Waals surface area contributed by atoms with E-state index in [0.717, 1.165) is 24.8 Å². The number of hydrogen-bond donors (Lipinski definition) is 1. The van der Waals surface area contributed by atoms with Crippen LogP contribution in [0.2, 0.25) is 0 Å². The summed E-state index contributed by atoms with van der Waals surface area (Å²) in [6.07, 6.45) is 2.70. The van der Waals surface area contributed by atoms with Gasteiger partial charge in [-0.25, -0.2) is 0 Å². The Morgan fingerprint density at radius 1 is 1.12 bits per heavy atom. The van der Waals surface area contributed by atoms with Crippen LogP contribution in [0, 0.1) is 0 Å². The van der Waals surface area contributed by atoms with E-state index < -0.39 is 23.5 Å². The molecule has 2 aromatic carbocycles. The van der Waals surface area contributed by atoms with Gasteiger partial charge >= 0.3 is 0 Å². The Balaban J connectivity index is 1.76. The zero-order valence-electron chi connectivity index (χ0n) is 19.7. The highest BCUT2D eigenvalue weighted by atomic mass is 16.5. The van der Waals surface area contributed by atoms with Crippen molar-refractivity contribution in [2.24, 2.45) is 0 Å². The van der Waals surface area contributed by atoms with Crippen LogP contribution in [0.5, 0.6) is 11.5 Å². The first-order valence-corrected chi connectivity index (χ1v) is 11.6. The van der Waals surface area contributed by atoms with E-state index in [1.165, 1.54) is 7.11 Å². The van der Waals surface area contributed by atoms with E-state index in [0.29, 0.717) is 35.6 Å². The van der Waals surface area contributed by atoms with Crippen LogP contribution < -0.4 is 9.47 Å². The molecule has 178 valence electrons. The van der Waals surface area contributed by atoms with Crippen molar-refractivity contribution in [3.05, 3.63) is 71.2 Å². The first-order valence-electron chi connectivity index (χ1n) is 11.6. The Morgan fingerprint density at radius 2 is 1.88 bits per heavy atom. The fraction of sp³-hybridized carbons (Fsp3) is 0.333. The van der Waals surface area contributed by atoms with E-state index in [1.807, 2.05) is 25.1 Å². The largest absolute Gasteiger partial charge is 0.503 e. The van der Waals surface area contributed by atoms with Crippen molar-refractivity contribution in [2.45, 2.75) is 39.2 Å². The molecule has 0 aliphatic carbocycles. The van der Waals surface area contributed by atoms with Gasteiger partial charge in [0.25, 0.3) is 5.91 Å². The molecule has 2 heterocycles. The normalized spacial score (nSPS) is 15.9. The van der Waals surface area contributed by atoms with Crippen molar-refractivity contribution in [3.8, 4) is 11.5 Å². The number of Topliss-reactive ketones (excluding diaryl/α,β-unsaturated/α-hetero) is 1. The molecule has 1 atom stereocenters. The number of unbranched alkanes of at least 4 members (excludes halogenated alkanes) is 2. The van der Waals surface area contributed by atoms with Crippen molar-refractivity contribution in [3.63, 3.8) is 0 Å². The average molecular weight is 464 g/mol. The van der Waals surface area contributed by atoms with Crippen LogP contribution >= 0.6 is 0 Å². The standard InChI is InChI=1S/C27H29NO6/c1-4-6-7-15-28-23(17-11-13-19(14-12-17)33-5-2)22(25(30)27(28)31)24(29)21-16-18-9-8-10-20(32-3)26(18)34-21/h8-14,16,23,30H,4-7,15H2,1-3H3. The minimum absolute atomic E-state index is 0.0173. The lowest BCUT2D eigenvalue weighted by Crippen LogP contribution is -2.32. The van der Waals surface area contributed by atoms with E-state index in [4.69, 9.17) is 13.9 Å². The fourth-order valence-corrected chi connectivity index (χ4v) is 4.35. The molecular formula is C27H29NO6. The predicted molar refractivity (Wildman–Crippen MR) is 128 cm³/mol. The summed E-state index contributed by atoms with van der Waals surface area (Å²) in [5, 5.41) is 11.5. The third-order valence-electron chi connectivity index (χ3n) is 6.01. The van der Waals surface area contributed by atoms with E-state index >= 15 is 0 Å². The number of rotatable bonds is 10. The molecule has 0 radical (unpaired) electrons. The SMILES string of the molecule is CCCCCN1C(=O)C(O)=C(C(=O)c2cc3cccc(OC)c3o2)C1c1ccc(OCC)cc1. The highest BCUT2D eigenvalue weighted by molar-refractivity contribution is 6.16. The number of ether oxygens (including phenoxy) is 2. The molecule has 34 heavy (non-hydrogen) atoms. The van der Waals surface area contributed by atoms with Gasteiger partial charge in [0.2, 0.25) is 5.78 Å². The maximum Gasteiger partial charge on any atom is 0.290 e. The maximum atomic E-state index is 13.6. The highest BCUT2D eigenvalue weighted by Gasteiger charge is 2.44. The van der Waals surface area contributed by atoms with Crippen LogP contribution in [0.15, 0.2) is 64.3 Å². The zero-order chi connectivity index (χ0) is 24.2. The van der Waals surface area contributed by atoms with Gasteiger partial charge in [-0.05, 0) is 43.2 Å². The van der Waals surface area contributed by atoms with E-state index in [2.05, 4.69) is 6.92 Å². The van der Waals surface area contributed by atoms with Crippen LogP contribution in [-0.4, -0.2) is 42.0 Å². The minimum atomic E-state index is -0.720. The molecule has 3 aromatic rings. The Labute approximate surface area is 198 Å². The summed E-state index contributed by atoms with van der Waals surface area (Å²) >= 11 is 0. The number of para-hydroxylation sites is 1. The number of benzene rings is 2. The topological polar surface area (TPSA) is 89.2 Å². The maximum absolute atomic E-state index is 13.6. The van der Waals surface area contributed by atoms with Crippen molar-refractivity contribution in [1.82, 2.24) is 4.90 Å². The molecule has 1 amide bonds. The number of amides is 1. The van der Waals surface area contributed by atoms with Gasteiger partial charge in [0.05, 0.1) is 25.3 Å². The lowest BCUT2D eigenvalue weighted by atomic mass is 9.94. The molecule has 0 bridgehead atoms. The van der Waals surface area contributed by atoms with E-state index in [1.54, 1.807) is 35.2 Å². The first-order chi connectivity index (χ1) is 16.5. The van der Waals surface area contributed by atoms with Crippen LogP contribution in [0.3, 0.4) is 0 Å². The number of methoxy groups -OCH3 is 1. The molecule has 4 rings (SSSR count). The molecule has 7 heteroatoms. The van der Waals surface area contributed by atoms with Crippen molar-refractivity contribution < 1.29 is 28.6 Å². The first kappa shape index (κ1) is 23.4. The van der Waals surface area contributed by atoms with Gasteiger partial charge in [-0.3, -0.25) is 9.59 Å². The predicted octanol–water partition coefficient (Wildman–Crippen LogP) is 5.61. The van der Waals surface area contributed by atoms with Crippen molar-refractivity contribution in [2.75, 3.05) is 20.3 Å². The number of furan rings is 1. The van der Waals surface area contributed by atoms with Crippen molar-refractivity contribution >= 4 is 22.7 Å². The quantitative estimate of drug-likeness (QED) is 0.311. The molecule has 0 saturated carbocycles. The molecule has 1 unspecified atom stereocenters. The lowest BCUT2D eigenvalue weighted by Gasteiger charge is -2.26. The van der Waals surface area contributed by atoms with Gasteiger partial charge in [0, 0.05) is 11.9 Å². The van der Waals surface area contributed by atoms with Gasteiger partial charge in [0.15, 0.2) is 22.9 Å². The summed E-state index contributed by atoms with van der Waals surface area (Å²) in [7, 11) is 1.53. The number of carbonyl (C=O) groups is 2. The number of nitrogens with zero attached hydrogens (tertiary/aromatic N) is 1. The van der Waals surface area contributed by atoms with Gasteiger partial charge in [0.1, 0.15) is 5.75 Å². The molecule has 1 aliphatic heterocycles. The van der Waals surface area contributed by atoms with Gasteiger partial charge in [-0.2, -0.15) is 0 Å². The lowest BCUT2D eigenvalue weighted by molar-refractivity contribution is -0.129. The van der Waals surface area contributed by atoms with Gasteiger partial charge in [-0.1, -0.05) is 44.0 Å². The van der Waals surface area contributed by atoms with Crippen LogP contribution in [0.1, 0.15) is 55.3 Å². The second-order valence-corrected chi connectivity index (χ2v) is 8.19. The van der Waals surface area contributed by atoms with Gasteiger partial charge < -0.3 is 23.9 Å². The monoisotopic (exact) mass is 463 g/mol. The molecule has 0 saturated heterocycles. The molecule has 1 aliphatic rings. The molecule has 7 nitrogen and oxygen atoms in total. The minimum Gasteiger partial charge on any atom is -0.503 e. The van der Waals surface area contributed by atoms with E-state index in [-0.39, 0.29) is 11.3 Å². The van der Waals surface area contributed by atoms with Crippen LogP contribution in [0.25, 0.3) is 11.0 Å². The number of hydrogen-bond acceptors (Lipinski definition) is 6.